The number of hydrogen-bond donors (Lipinski definition) is 2. The van der Waals surface area contributed by atoms with Gasteiger partial charge in [0.15, 0.2) is 0 Å². The molecule has 1 aromatic rings. The van der Waals surface area contributed by atoms with Crippen LogP contribution in [0.2, 0.25) is 0 Å². The molecule has 1 unspecified atom stereocenters. The normalized spacial score (nSPS) is 13.6. The number of para-hydroxylation sites is 1. The smallest absolute Gasteiger partial charge is 0.242 e. The monoisotopic (exact) mass is 242 g/mol. The van der Waals surface area contributed by atoms with Gasteiger partial charge in [-0.15, -0.1) is 0 Å². The molecule has 0 aliphatic rings. The van der Waals surface area contributed by atoms with Gasteiger partial charge in [0.2, 0.25) is 10.0 Å². The van der Waals surface area contributed by atoms with Crippen LogP contribution in [0.15, 0.2) is 29.2 Å². The molecule has 1 rings (SSSR count). The summed E-state index contributed by atoms with van der Waals surface area (Å²) >= 11 is 0. The van der Waals surface area contributed by atoms with Crippen molar-refractivity contribution in [2.45, 2.75) is 25.2 Å². The maximum atomic E-state index is 11.9. The van der Waals surface area contributed by atoms with Crippen molar-refractivity contribution in [3.8, 4) is 0 Å². The third-order valence-corrected chi connectivity index (χ3v) is 4.02. The van der Waals surface area contributed by atoms with Crippen LogP contribution in [0.5, 0.6) is 0 Å². The number of anilines is 1. The lowest BCUT2D eigenvalue weighted by molar-refractivity contribution is 0.528. The molecule has 1 aromatic carbocycles. The first-order valence-corrected chi connectivity index (χ1v) is 6.80. The van der Waals surface area contributed by atoms with Gasteiger partial charge in [-0.3, -0.25) is 0 Å². The summed E-state index contributed by atoms with van der Waals surface area (Å²) < 4.78 is 26.3. The van der Waals surface area contributed by atoms with Crippen molar-refractivity contribution >= 4 is 15.7 Å². The Balaban J connectivity index is 2.83. The number of sulfonamides is 1. The molecule has 0 aliphatic carbocycles. The Morgan fingerprint density at radius 2 is 2.00 bits per heavy atom. The van der Waals surface area contributed by atoms with Gasteiger partial charge in [0.1, 0.15) is 4.90 Å². The van der Waals surface area contributed by atoms with Crippen molar-refractivity contribution in [2.75, 3.05) is 12.3 Å². The summed E-state index contributed by atoms with van der Waals surface area (Å²) in [5.74, 6) is 0.319. The van der Waals surface area contributed by atoms with Gasteiger partial charge in [-0.25, -0.2) is 13.1 Å². The SMILES string of the molecule is CCC(C)CNS(=O)(=O)c1ccccc1N. The van der Waals surface area contributed by atoms with Crippen molar-refractivity contribution in [1.29, 1.82) is 0 Å². The second kappa shape index (κ2) is 5.32. The Kier molecular flexibility index (Phi) is 4.32. The van der Waals surface area contributed by atoms with E-state index in [1.807, 2.05) is 13.8 Å². The second-order valence-electron chi connectivity index (χ2n) is 3.90. The Morgan fingerprint density at radius 3 is 2.56 bits per heavy atom. The standard InChI is InChI=1S/C11H18N2O2S/c1-3-9(2)8-13-16(14,15)11-7-5-4-6-10(11)12/h4-7,9,13H,3,8,12H2,1-2H3. The van der Waals surface area contributed by atoms with Gasteiger partial charge < -0.3 is 5.73 Å². The predicted octanol–water partition coefficient (Wildman–Crippen LogP) is 1.59. The van der Waals surface area contributed by atoms with Crippen molar-refractivity contribution in [2.24, 2.45) is 5.92 Å². The number of rotatable bonds is 5. The molecule has 1 atom stereocenters. The fourth-order valence-corrected chi connectivity index (χ4v) is 2.49. The minimum absolute atomic E-state index is 0.151. The van der Waals surface area contributed by atoms with E-state index in [-0.39, 0.29) is 10.6 Å². The van der Waals surface area contributed by atoms with Gasteiger partial charge in [-0.05, 0) is 18.1 Å². The minimum atomic E-state index is -3.47. The van der Waals surface area contributed by atoms with Crippen LogP contribution in [0.1, 0.15) is 20.3 Å². The summed E-state index contributed by atoms with van der Waals surface area (Å²) in [7, 11) is -3.47. The van der Waals surface area contributed by atoms with E-state index in [2.05, 4.69) is 4.72 Å². The molecule has 0 fully saturated rings. The highest BCUT2D eigenvalue weighted by molar-refractivity contribution is 7.89. The summed E-state index contributed by atoms with van der Waals surface area (Å²) in [5.41, 5.74) is 5.90. The van der Waals surface area contributed by atoms with Crippen molar-refractivity contribution in [1.82, 2.24) is 4.72 Å². The maximum Gasteiger partial charge on any atom is 0.242 e. The molecule has 0 bridgehead atoms. The summed E-state index contributed by atoms with van der Waals surface area (Å²) in [6.45, 7) is 4.46. The number of nitrogens with two attached hydrogens (primary N) is 1. The van der Waals surface area contributed by atoms with Gasteiger partial charge in [-0.2, -0.15) is 0 Å². The molecule has 5 heteroatoms. The molecule has 0 saturated heterocycles. The lowest BCUT2D eigenvalue weighted by Gasteiger charge is -2.11. The molecular formula is C11H18N2O2S. The molecular weight excluding hydrogens is 224 g/mol. The molecule has 0 spiro atoms. The predicted molar refractivity (Wildman–Crippen MR) is 65.5 cm³/mol. The zero-order chi connectivity index (χ0) is 12.2. The first-order valence-electron chi connectivity index (χ1n) is 5.31. The molecule has 0 aliphatic heterocycles. The van der Waals surface area contributed by atoms with Gasteiger partial charge in [0.25, 0.3) is 0 Å². The zero-order valence-corrected chi connectivity index (χ0v) is 10.4. The Labute approximate surface area is 96.9 Å². The van der Waals surface area contributed by atoms with E-state index in [0.717, 1.165) is 6.42 Å². The number of nitrogen functional groups attached to an aromatic ring is 1. The number of hydrogen-bond acceptors (Lipinski definition) is 3. The molecule has 4 nitrogen and oxygen atoms in total. The van der Waals surface area contributed by atoms with Gasteiger partial charge in [-0.1, -0.05) is 32.4 Å². The van der Waals surface area contributed by atoms with Crippen LogP contribution in [-0.4, -0.2) is 15.0 Å². The van der Waals surface area contributed by atoms with Crippen LogP contribution < -0.4 is 10.5 Å². The molecule has 16 heavy (non-hydrogen) atoms. The van der Waals surface area contributed by atoms with E-state index < -0.39 is 10.0 Å². The van der Waals surface area contributed by atoms with Gasteiger partial charge >= 0.3 is 0 Å². The Bertz CT molecular complexity index is 443. The van der Waals surface area contributed by atoms with Crippen molar-refractivity contribution < 1.29 is 8.42 Å². The first-order chi connectivity index (χ1) is 7.47. The van der Waals surface area contributed by atoms with E-state index in [0.29, 0.717) is 12.5 Å². The highest BCUT2D eigenvalue weighted by Gasteiger charge is 2.16. The number of nitrogens with one attached hydrogen (secondary N) is 1. The van der Waals surface area contributed by atoms with E-state index in [9.17, 15) is 8.42 Å². The molecule has 90 valence electrons. The third kappa shape index (κ3) is 3.21. The minimum Gasteiger partial charge on any atom is -0.398 e. The van der Waals surface area contributed by atoms with Crippen LogP contribution in [0.4, 0.5) is 5.69 Å². The Morgan fingerprint density at radius 1 is 1.38 bits per heavy atom. The van der Waals surface area contributed by atoms with E-state index in [1.165, 1.54) is 6.07 Å². The summed E-state index contributed by atoms with van der Waals surface area (Å²) in [5, 5.41) is 0. The Hall–Kier alpha value is -1.07. The van der Waals surface area contributed by atoms with Crippen LogP contribution in [-0.2, 0) is 10.0 Å². The van der Waals surface area contributed by atoms with Crippen molar-refractivity contribution in [3.05, 3.63) is 24.3 Å². The van der Waals surface area contributed by atoms with Gasteiger partial charge in [0, 0.05) is 6.54 Å². The maximum absolute atomic E-state index is 11.9. The highest BCUT2D eigenvalue weighted by Crippen LogP contribution is 2.16. The number of benzene rings is 1. The largest absolute Gasteiger partial charge is 0.398 e. The zero-order valence-electron chi connectivity index (χ0n) is 9.60. The first kappa shape index (κ1) is 13.0. The van der Waals surface area contributed by atoms with Crippen LogP contribution >= 0.6 is 0 Å². The lowest BCUT2D eigenvalue weighted by atomic mass is 10.1. The van der Waals surface area contributed by atoms with Gasteiger partial charge in [0.05, 0.1) is 5.69 Å². The molecule has 0 amide bonds. The van der Waals surface area contributed by atoms with Crippen LogP contribution in [0, 0.1) is 5.92 Å². The summed E-state index contributed by atoms with van der Waals surface area (Å²) in [4.78, 5) is 0.151. The fourth-order valence-electron chi connectivity index (χ4n) is 1.20. The third-order valence-electron chi connectivity index (χ3n) is 2.53. The molecule has 0 aromatic heterocycles. The average Bonchev–Trinajstić information content (AvgIpc) is 2.26. The van der Waals surface area contributed by atoms with E-state index in [1.54, 1.807) is 18.2 Å². The molecule has 0 saturated carbocycles. The lowest BCUT2D eigenvalue weighted by Crippen LogP contribution is -2.28. The average molecular weight is 242 g/mol. The van der Waals surface area contributed by atoms with E-state index in [4.69, 9.17) is 5.73 Å². The quantitative estimate of drug-likeness (QED) is 0.770. The molecule has 3 N–H and O–H groups in total. The van der Waals surface area contributed by atoms with Crippen LogP contribution in [0.25, 0.3) is 0 Å². The molecule has 0 radical (unpaired) electrons. The van der Waals surface area contributed by atoms with Crippen LogP contribution in [0.3, 0.4) is 0 Å². The summed E-state index contributed by atoms with van der Waals surface area (Å²) in [6, 6.07) is 6.46. The topological polar surface area (TPSA) is 72.2 Å². The highest BCUT2D eigenvalue weighted by atomic mass is 32.2. The summed E-state index contributed by atoms with van der Waals surface area (Å²) in [6.07, 6.45) is 0.937. The van der Waals surface area contributed by atoms with E-state index >= 15 is 0 Å². The second-order valence-corrected chi connectivity index (χ2v) is 5.64. The molecule has 0 heterocycles. The van der Waals surface area contributed by atoms with Crippen molar-refractivity contribution in [3.63, 3.8) is 0 Å². The fraction of sp³-hybridized carbons (Fsp3) is 0.455.